The highest BCUT2D eigenvalue weighted by Gasteiger charge is 2.18. The average Bonchev–Trinajstić information content (AvgIpc) is 3.44. The van der Waals surface area contributed by atoms with Crippen LogP contribution in [0.1, 0.15) is 30.1 Å². The number of fused-ring (bicyclic) bond motifs is 1. The van der Waals surface area contributed by atoms with Crippen molar-refractivity contribution in [3.8, 4) is 17.2 Å². The lowest BCUT2D eigenvalue weighted by molar-refractivity contribution is 0.347. The van der Waals surface area contributed by atoms with Crippen LogP contribution in [0.4, 0.5) is 4.39 Å². The molecular weight excluding hydrogens is 413 g/mol. The minimum Gasteiger partial charge on any atom is -0.315 e. The highest BCUT2D eigenvalue weighted by atomic mass is 32.2. The minimum atomic E-state index is -0.338. The zero-order valence-electron chi connectivity index (χ0n) is 16.9. The molecule has 0 aliphatic carbocycles. The van der Waals surface area contributed by atoms with Crippen LogP contribution in [0.25, 0.3) is 16.6 Å². The van der Waals surface area contributed by atoms with Crippen molar-refractivity contribution in [1.82, 2.24) is 29.7 Å². The van der Waals surface area contributed by atoms with Gasteiger partial charge < -0.3 is 5.32 Å². The van der Waals surface area contributed by atoms with Crippen molar-refractivity contribution in [2.24, 2.45) is 0 Å². The number of hydrogen-bond acceptors (Lipinski definition) is 6. The first-order chi connectivity index (χ1) is 15.1. The Labute approximate surface area is 182 Å². The van der Waals surface area contributed by atoms with Crippen LogP contribution in [-0.2, 0) is 0 Å². The van der Waals surface area contributed by atoms with E-state index in [-0.39, 0.29) is 5.82 Å². The molecule has 1 aliphatic rings. The number of pyridine rings is 2. The van der Waals surface area contributed by atoms with Crippen LogP contribution in [0.5, 0.6) is 0 Å². The molecule has 0 spiro atoms. The van der Waals surface area contributed by atoms with Crippen molar-refractivity contribution in [2.75, 3.05) is 13.1 Å². The van der Waals surface area contributed by atoms with Gasteiger partial charge in [0.1, 0.15) is 16.9 Å². The first kappa shape index (κ1) is 19.7. The molecular formula is C22H20FN7S. The zero-order valence-corrected chi connectivity index (χ0v) is 17.7. The van der Waals surface area contributed by atoms with Crippen LogP contribution in [0, 0.1) is 24.1 Å². The third-order valence-corrected chi connectivity index (χ3v) is 6.46. The van der Waals surface area contributed by atoms with Crippen molar-refractivity contribution in [1.29, 1.82) is 5.26 Å². The number of aryl methyl sites for hydroxylation is 1. The van der Waals surface area contributed by atoms with Crippen LogP contribution in [-0.4, -0.2) is 37.5 Å². The Morgan fingerprint density at radius 2 is 2.13 bits per heavy atom. The summed E-state index contributed by atoms with van der Waals surface area (Å²) in [6, 6.07) is 7.63. The standard InChI is InChI=1S/C22H20FN7S/c1-14-19(23)4-5-21(28-14)31-20-7-15(12-30-22(20)16(8-24)9-27-30)17-10-26-29(13-17)18-3-2-6-25-11-18/h4-5,7,9-10,12-13,18,25H,2-3,6,11H2,1H3. The smallest absolute Gasteiger partial charge is 0.144 e. The second kappa shape index (κ2) is 8.13. The predicted octanol–water partition coefficient (Wildman–Crippen LogP) is 3.99. The van der Waals surface area contributed by atoms with Crippen molar-refractivity contribution in [2.45, 2.75) is 35.7 Å². The van der Waals surface area contributed by atoms with E-state index in [0.717, 1.165) is 42.0 Å². The molecule has 1 atom stereocenters. The highest BCUT2D eigenvalue weighted by Crippen LogP contribution is 2.35. The van der Waals surface area contributed by atoms with E-state index >= 15 is 0 Å². The summed E-state index contributed by atoms with van der Waals surface area (Å²) in [5.74, 6) is -0.338. The van der Waals surface area contributed by atoms with Gasteiger partial charge in [0.05, 0.1) is 35.2 Å². The van der Waals surface area contributed by atoms with E-state index < -0.39 is 0 Å². The summed E-state index contributed by atoms with van der Waals surface area (Å²) in [6.07, 6.45) is 9.63. The van der Waals surface area contributed by atoms with Gasteiger partial charge in [0, 0.05) is 35.0 Å². The summed E-state index contributed by atoms with van der Waals surface area (Å²) in [6.45, 7) is 3.61. The molecule has 9 heteroatoms. The van der Waals surface area contributed by atoms with Crippen molar-refractivity contribution in [3.05, 3.63) is 60.1 Å². The third kappa shape index (κ3) is 3.80. The number of aromatic nitrogens is 5. The van der Waals surface area contributed by atoms with Gasteiger partial charge in [-0.15, -0.1) is 0 Å². The molecule has 0 amide bonds. The van der Waals surface area contributed by atoms with Crippen LogP contribution >= 0.6 is 11.8 Å². The van der Waals surface area contributed by atoms with Crippen LogP contribution < -0.4 is 5.32 Å². The quantitative estimate of drug-likeness (QED) is 0.524. The predicted molar refractivity (Wildman–Crippen MR) is 115 cm³/mol. The molecule has 31 heavy (non-hydrogen) atoms. The molecule has 4 aromatic rings. The maximum atomic E-state index is 13.7. The van der Waals surface area contributed by atoms with E-state index in [0.29, 0.717) is 27.8 Å². The van der Waals surface area contributed by atoms with Gasteiger partial charge in [-0.05, 0) is 44.5 Å². The highest BCUT2D eigenvalue weighted by molar-refractivity contribution is 7.99. The lowest BCUT2D eigenvalue weighted by Gasteiger charge is -2.22. The molecule has 0 bridgehead atoms. The fourth-order valence-electron chi connectivity index (χ4n) is 3.84. The second-order valence-corrected chi connectivity index (χ2v) is 8.65. The molecule has 156 valence electrons. The zero-order chi connectivity index (χ0) is 21.4. The third-order valence-electron chi connectivity index (χ3n) is 5.49. The van der Waals surface area contributed by atoms with Gasteiger partial charge in [0.2, 0.25) is 0 Å². The summed E-state index contributed by atoms with van der Waals surface area (Å²) in [5, 5.41) is 22.6. The molecule has 1 fully saturated rings. The maximum Gasteiger partial charge on any atom is 0.144 e. The molecule has 1 saturated heterocycles. The Hall–Kier alpha value is -3.22. The van der Waals surface area contributed by atoms with E-state index in [1.165, 1.54) is 17.8 Å². The second-order valence-electron chi connectivity index (χ2n) is 7.58. The first-order valence-corrected chi connectivity index (χ1v) is 10.9. The van der Waals surface area contributed by atoms with Gasteiger partial charge in [-0.25, -0.2) is 13.9 Å². The van der Waals surface area contributed by atoms with Crippen molar-refractivity contribution < 1.29 is 4.39 Å². The van der Waals surface area contributed by atoms with Gasteiger partial charge in [-0.3, -0.25) is 4.68 Å². The number of rotatable bonds is 4. The lowest BCUT2D eigenvalue weighted by atomic mass is 10.1. The van der Waals surface area contributed by atoms with Crippen LogP contribution in [0.2, 0.25) is 0 Å². The molecule has 0 aromatic carbocycles. The SMILES string of the molecule is Cc1nc(Sc2cc(-c3cnn(C4CCCNC4)c3)cn3ncc(C#N)c23)ccc1F. The molecule has 1 unspecified atom stereocenters. The van der Waals surface area contributed by atoms with E-state index in [1.54, 1.807) is 23.7 Å². The van der Waals surface area contributed by atoms with Crippen molar-refractivity contribution in [3.63, 3.8) is 0 Å². The number of nitrogens with zero attached hydrogens (tertiary/aromatic N) is 6. The Bertz CT molecular complexity index is 1300. The summed E-state index contributed by atoms with van der Waals surface area (Å²) < 4.78 is 17.4. The minimum absolute atomic E-state index is 0.338. The molecule has 1 N–H and O–H groups in total. The molecule has 0 radical (unpaired) electrons. The number of nitriles is 1. The number of piperidine rings is 1. The Morgan fingerprint density at radius 1 is 1.23 bits per heavy atom. The molecule has 0 saturated carbocycles. The number of hydrogen-bond donors (Lipinski definition) is 1. The van der Waals surface area contributed by atoms with E-state index in [2.05, 4.69) is 32.8 Å². The van der Waals surface area contributed by atoms with Gasteiger partial charge in [0.15, 0.2) is 0 Å². The Balaban J connectivity index is 1.56. The normalized spacial score (nSPS) is 16.5. The molecule has 1 aliphatic heterocycles. The van der Waals surface area contributed by atoms with Gasteiger partial charge >= 0.3 is 0 Å². The fourth-order valence-corrected chi connectivity index (χ4v) is 4.87. The van der Waals surface area contributed by atoms with Gasteiger partial charge in [-0.1, -0.05) is 11.8 Å². The summed E-state index contributed by atoms with van der Waals surface area (Å²) >= 11 is 1.39. The molecule has 5 heterocycles. The monoisotopic (exact) mass is 433 g/mol. The van der Waals surface area contributed by atoms with E-state index in [4.69, 9.17) is 0 Å². The number of nitrogens with one attached hydrogen (secondary N) is 1. The summed E-state index contributed by atoms with van der Waals surface area (Å²) in [5.41, 5.74) is 3.46. The van der Waals surface area contributed by atoms with Gasteiger partial charge in [0.25, 0.3) is 0 Å². The maximum absolute atomic E-state index is 13.7. The lowest BCUT2D eigenvalue weighted by Crippen LogP contribution is -2.31. The topological polar surface area (TPSA) is 83.8 Å². The summed E-state index contributed by atoms with van der Waals surface area (Å²) in [4.78, 5) is 5.17. The molecule has 5 rings (SSSR count). The molecule has 4 aromatic heterocycles. The van der Waals surface area contributed by atoms with Crippen molar-refractivity contribution >= 4 is 17.3 Å². The van der Waals surface area contributed by atoms with Crippen LogP contribution in [0.15, 0.2) is 52.9 Å². The largest absolute Gasteiger partial charge is 0.315 e. The van der Waals surface area contributed by atoms with E-state index in [1.807, 2.05) is 23.1 Å². The van der Waals surface area contributed by atoms with Gasteiger partial charge in [-0.2, -0.15) is 15.5 Å². The first-order valence-electron chi connectivity index (χ1n) is 10.1. The summed E-state index contributed by atoms with van der Waals surface area (Å²) in [7, 11) is 0. The molecule has 7 nitrogen and oxygen atoms in total. The Morgan fingerprint density at radius 3 is 2.90 bits per heavy atom. The Kier molecular flexibility index (Phi) is 5.18. The van der Waals surface area contributed by atoms with Crippen LogP contribution in [0.3, 0.4) is 0 Å². The average molecular weight is 434 g/mol. The number of halogens is 1. The van der Waals surface area contributed by atoms with E-state index in [9.17, 15) is 9.65 Å². The fraction of sp³-hybridized carbons (Fsp3) is 0.273.